The van der Waals surface area contributed by atoms with E-state index < -0.39 is 12.1 Å². The normalized spacial score (nSPS) is 26.5. The number of amides is 2. The number of nitrogens with zero attached hydrogens (tertiary/aromatic N) is 2. The Hall–Kier alpha value is -1.18. The van der Waals surface area contributed by atoms with Crippen molar-refractivity contribution in [3.63, 3.8) is 0 Å². The van der Waals surface area contributed by atoms with Crippen molar-refractivity contribution >= 4 is 46.8 Å². The van der Waals surface area contributed by atoms with Crippen LogP contribution in [-0.2, 0) is 23.9 Å². The highest BCUT2D eigenvalue weighted by molar-refractivity contribution is 6.18. The number of hydrogen-bond acceptors (Lipinski definition) is 6. The fourth-order valence-electron chi connectivity index (χ4n) is 4.84. The van der Waals surface area contributed by atoms with Crippen molar-refractivity contribution in [1.82, 2.24) is 9.80 Å². The number of halogens is 2. The van der Waals surface area contributed by atoms with Gasteiger partial charge in [0.2, 0.25) is 11.8 Å². The fourth-order valence-corrected chi connectivity index (χ4v) is 5.32. The molecule has 2 rings (SSSR count). The molecule has 31 heavy (non-hydrogen) atoms. The Morgan fingerprint density at radius 3 is 2.19 bits per heavy atom. The summed E-state index contributed by atoms with van der Waals surface area (Å²) in [6.45, 7) is 6.57. The summed E-state index contributed by atoms with van der Waals surface area (Å²) in [5, 5.41) is 0. The van der Waals surface area contributed by atoms with Crippen molar-refractivity contribution in [3.05, 3.63) is 0 Å². The maximum absolute atomic E-state index is 12.8. The lowest BCUT2D eigenvalue weighted by molar-refractivity contribution is -0.157. The van der Waals surface area contributed by atoms with Gasteiger partial charge in [-0.2, -0.15) is 0 Å². The highest BCUT2D eigenvalue weighted by Gasteiger charge is 2.42. The number of alkyl halides is 2. The Morgan fingerprint density at radius 2 is 1.68 bits per heavy atom. The average molecular weight is 477 g/mol. The Bertz CT molecular complexity index is 650. The summed E-state index contributed by atoms with van der Waals surface area (Å²) in [6.07, 6.45) is 1.60. The van der Waals surface area contributed by atoms with Gasteiger partial charge in [0.25, 0.3) is 0 Å². The molecule has 1 aliphatic carbocycles. The van der Waals surface area contributed by atoms with Gasteiger partial charge in [-0.3, -0.25) is 29.0 Å². The molecular weight excluding hydrogens is 443 g/mol. The molecule has 1 saturated carbocycles. The highest BCUT2D eigenvalue weighted by Crippen LogP contribution is 2.36. The predicted molar refractivity (Wildman–Crippen MR) is 119 cm³/mol. The Morgan fingerprint density at radius 1 is 1.10 bits per heavy atom. The van der Waals surface area contributed by atoms with Gasteiger partial charge in [-0.1, -0.05) is 13.8 Å². The Labute approximate surface area is 194 Å². The number of Topliss-reactive ketones (excluding diaryl/α,β-unsaturated/α-hetero) is 1. The number of esters is 1. The number of ketones is 1. The van der Waals surface area contributed by atoms with Crippen molar-refractivity contribution in [2.75, 3.05) is 31.5 Å². The van der Waals surface area contributed by atoms with E-state index in [1.807, 2.05) is 11.8 Å². The molecule has 0 N–H and O–H groups in total. The van der Waals surface area contributed by atoms with E-state index >= 15 is 0 Å². The molecule has 1 aliphatic heterocycles. The Kier molecular flexibility index (Phi) is 10.2. The largest absolute Gasteiger partial charge is 0.462 e. The molecule has 1 heterocycles. The molecule has 4 atom stereocenters. The van der Waals surface area contributed by atoms with Gasteiger partial charge in [0, 0.05) is 50.5 Å². The summed E-state index contributed by atoms with van der Waals surface area (Å²) in [4.78, 5) is 53.2. The number of likely N-dealkylation sites (tertiary alicyclic amines) is 1. The zero-order valence-electron chi connectivity index (χ0n) is 18.6. The van der Waals surface area contributed by atoms with Crippen LogP contribution in [0.1, 0.15) is 52.9 Å². The number of hydrogen-bond donors (Lipinski definition) is 0. The first-order chi connectivity index (χ1) is 14.7. The van der Waals surface area contributed by atoms with E-state index in [1.54, 1.807) is 0 Å². The molecule has 7 nitrogen and oxygen atoms in total. The van der Waals surface area contributed by atoms with Crippen LogP contribution in [0.25, 0.3) is 0 Å². The molecule has 9 heteroatoms. The van der Waals surface area contributed by atoms with E-state index in [4.69, 9.17) is 27.9 Å². The van der Waals surface area contributed by atoms with Crippen LogP contribution >= 0.6 is 23.2 Å². The van der Waals surface area contributed by atoms with Crippen LogP contribution in [0.3, 0.4) is 0 Å². The van der Waals surface area contributed by atoms with Crippen LogP contribution < -0.4 is 0 Å². The highest BCUT2D eigenvalue weighted by atomic mass is 35.5. The molecule has 0 aromatic heterocycles. The zero-order chi connectivity index (χ0) is 23.1. The first-order valence-electron chi connectivity index (χ1n) is 11.0. The molecule has 1 saturated heterocycles. The second kappa shape index (κ2) is 12.2. The average Bonchev–Trinajstić information content (AvgIpc) is 2.67. The lowest BCUT2D eigenvalue weighted by Crippen LogP contribution is -2.50. The number of piperidine rings is 1. The van der Waals surface area contributed by atoms with Crippen molar-refractivity contribution in [2.24, 2.45) is 23.7 Å². The Balaban J connectivity index is 2.06. The number of imide groups is 1. The molecule has 2 fully saturated rings. The number of carbonyl (C=O) groups excluding carboxylic acids is 4. The van der Waals surface area contributed by atoms with Gasteiger partial charge in [0.15, 0.2) is 0 Å². The maximum atomic E-state index is 12.8. The van der Waals surface area contributed by atoms with Crippen LogP contribution in [0, 0.1) is 23.7 Å². The molecule has 4 unspecified atom stereocenters. The quantitative estimate of drug-likeness (QED) is 0.273. The van der Waals surface area contributed by atoms with Crippen molar-refractivity contribution < 1.29 is 23.9 Å². The van der Waals surface area contributed by atoms with Crippen LogP contribution in [-0.4, -0.2) is 71.0 Å². The summed E-state index contributed by atoms with van der Waals surface area (Å²) < 4.78 is 5.55. The number of rotatable bonds is 10. The van der Waals surface area contributed by atoms with Gasteiger partial charge in [-0.15, -0.1) is 23.2 Å². The summed E-state index contributed by atoms with van der Waals surface area (Å²) in [7, 11) is 0. The van der Waals surface area contributed by atoms with Crippen molar-refractivity contribution in [2.45, 2.75) is 59.0 Å². The first kappa shape index (κ1) is 26.1. The van der Waals surface area contributed by atoms with Crippen LogP contribution in [0.15, 0.2) is 0 Å². The van der Waals surface area contributed by atoms with Gasteiger partial charge in [-0.05, 0) is 31.1 Å². The van der Waals surface area contributed by atoms with E-state index in [9.17, 15) is 19.2 Å². The third-order valence-corrected chi connectivity index (χ3v) is 6.60. The molecule has 0 spiro atoms. The van der Waals surface area contributed by atoms with Gasteiger partial charge >= 0.3 is 5.97 Å². The molecule has 0 radical (unpaired) electrons. The summed E-state index contributed by atoms with van der Waals surface area (Å²) in [5.74, 6) is -0.444. The standard InChI is InChI=1S/C22H34Cl2N2O5/c1-14-8-15(2)22(30)18(9-14)19(31-16(3)27)10-17-11-20(28)26(21(29)12-17)13-25(6-4-23)7-5-24/h14-15,17-19H,4-13H2,1-3H3. The van der Waals surface area contributed by atoms with Gasteiger partial charge in [0.05, 0.1) is 12.6 Å². The zero-order valence-corrected chi connectivity index (χ0v) is 20.2. The minimum atomic E-state index is -0.601. The number of carbonyl (C=O) groups is 4. The van der Waals surface area contributed by atoms with Gasteiger partial charge < -0.3 is 4.74 Å². The third kappa shape index (κ3) is 7.43. The number of ether oxygens (including phenoxy) is 1. The van der Waals surface area contributed by atoms with E-state index in [1.165, 1.54) is 11.8 Å². The monoisotopic (exact) mass is 476 g/mol. The molecule has 2 aliphatic rings. The summed E-state index contributed by atoms with van der Waals surface area (Å²) >= 11 is 11.6. The maximum Gasteiger partial charge on any atom is 0.302 e. The van der Waals surface area contributed by atoms with Gasteiger partial charge in [0.1, 0.15) is 11.9 Å². The second-order valence-corrected chi connectivity index (χ2v) is 9.75. The molecule has 176 valence electrons. The minimum Gasteiger partial charge on any atom is -0.462 e. The third-order valence-electron chi connectivity index (χ3n) is 6.27. The van der Waals surface area contributed by atoms with Crippen LogP contribution in [0.5, 0.6) is 0 Å². The summed E-state index contributed by atoms with van der Waals surface area (Å²) in [5.41, 5.74) is 0. The SMILES string of the molecule is CC(=O)OC(CC1CC(=O)N(CN(CCCl)CCCl)C(=O)C1)C1CC(C)CC(C)C1=O. The molecular formula is C22H34Cl2N2O5. The smallest absolute Gasteiger partial charge is 0.302 e. The topological polar surface area (TPSA) is 84.0 Å². The first-order valence-corrected chi connectivity index (χ1v) is 12.1. The predicted octanol–water partition coefficient (Wildman–Crippen LogP) is 3.06. The van der Waals surface area contributed by atoms with E-state index in [0.717, 1.165) is 6.42 Å². The molecule has 0 aromatic carbocycles. The van der Waals surface area contributed by atoms with Crippen LogP contribution in [0.4, 0.5) is 0 Å². The van der Waals surface area contributed by atoms with Gasteiger partial charge in [-0.25, -0.2) is 0 Å². The van der Waals surface area contributed by atoms with Crippen molar-refractivity contribution in [1.29, 1.82) is 0 Å². The molecule has 0 bridgehead atoms. The lowest BCUT2D eigenvalue weighted by Gasteiger charge is -2.38. The van der Waals surface area contributed by atoms with Crippen molar-refractivity contribution in [3.8, 4) is 0 Å². The lowest BCUT2D eigenvalue weighted by atomic mass is 9.71. The van der Waals surface area contributed by atoms with E-state index in [2.05, 4.69) is 6.92 Å². The van der Waals surface area contributed by atoms with E-state index in [0.29, 0.717) is 43.6 Å². The molecule has 0 aromatic rings. The van der Waals surface area contributed by atoms with Crippen LogP contribution in [0.2, 0.25) is 0 Å². The minimum absolute atomic E-state index is 0.0771. The fraction of sp³-hybridized carbons (Fsp3) is 0.818. The van der Waals surface area contributed by atoms with E-state index in [-0.39, 0.29) is 54.9 Å². The summed E-state index contributed by atoms with van der Waals surface area (Å²) in [6, 6.07) is 0. The second-order valence-electron chi connectivity index (χ2n) is 9.00. The molecule has 2 amide bonds.